The van der Waals surface area contributed by atoms with Crippen LogP contribution in [0.25, 0.3) is 0 Å². The zero-order chi connectivity index (χ0) is 18.5. The van der Waals surface area contributed by atoms with E-state index in [-0.39, 0.29) is 11.9 Å². The maximum absolute atomic E-state index is 12.5. The van der Waals surface area contributed by atoms with E-state index in [1.165, 1.54) is 0 Å². The summed E-state index contributed by atoms with van der Waals surface area (Å²) in [4.78, 5) is 21.3. The molecule has 2 heterocycles. The van der Waals surface area contributed by atoms with E-state index in [0.717, 1.165) is 32.0 Å². The molecule has 1 N–H and O–H groups in total. The van der Waals surface area contributed by atoms with Gasteiger partial charge in [-0.15, -0.1) is 0 Å². The minimum absolute atomic E-state index is 0.0861. The molecule has 1 aliphatic rings. The van der Waals surface area contributed by atoms with Gasteiger partial charge in [0.05, 0.1) is 16.6 Å². The van der Waals surface area contributed by atoms with Crippen molar-refractivity contribution in [2.45, 2.75) is 13.0 Å². The first-order chi connectivity index (χ1) is 12.6. The summed E-state index contributed by atoms with van der Waals surface area (Å²) in [5, 5.41) is 12.1. The van der Waals surface area contributed by atoms with Crippen LogP contribution in [0.3, 0.4) is 0 Å². The minimum Gasteiger partial charge on any atom is -0.354 e. The third-order valence-electron chi connectivity index (χ3n) is 4.57. The monoisotopic (exact) mass is 369 g/mol. The van der Waals surface area contributed by atoms with Crippen molar-refractivity contribution in [2.24, 2.45) is 0 Å². The van der Waals surface area contributed by atoms with Gasteiger partial charge in [-0.25, -0.2) is 4.98 Å². The molecule has 134 valence electrons. The number of hydrogen-bond donors (Lipinski definition) is 1. The molecule has 0 radical (unpaired) electrons. The number of anilines is 2. The summed E-state index contributed by atoms with van der Waals surface area (Å²) < 4.78 is 0. The molecule has 0 unspecified atom stereocenters. The Morgan fingerprint density at radius 2 is 2.04 bits per heavy atom. The van der Waals surface area contributed by atoms with Crippen molar-refractivity contribution in [2.75, 3.05) is 36.4 Å². The Hall–Kier alpha value is -2.62. The Kier molecular flexibility index (Phi) is 5.71. The molecule has 1 aliphatic heterocycles. The lowest BCUT2D eigenvalue weighted by atomic mass is 10.2. The van der Waals surface area contributed by atoms with Crippen LogP contribution in [0.4, 0.5) is 11.5 Å². The van der Waals surface area contributed by atoms with Crippen molar-refractivity contribution >= 4 is 29.0 Å². The Morgan fingerprint density at radius 3 is 2.65 bits per heavy atom. The number of carbonyl (C=O) groups excluding carboxylic acids is 1. The van der Waals surface area contributed by atoms with Gasteiger partial charge >= 0.3 is 0 Å². The molecule has 26 heavy (non-hydrogen) atoms. The number of rotatable bonds is 4. The average molecular weight is 370 g/mol. The summed E-state index contributed by atoms with van der Waals surface area (Å²) in [7, 11) is 0. The van der Waals surface area contributed by atoms with Crippen LogP contribution in [-0.4, -0.2) is 48.0 Å². The van der Waals surface area contributed by atoms with E-state index in [2.05, 4.69) is 20.1 Å². The van der Waals surface area contributed by atoms with Crippen LogP contribution < -0.4 is 10.2 Å². The summed E-state index contributed by atoms with van der Waals surface area (Å²) in [5.74, 6) is 0.883. The first kappa shape index (κ1) is 18.2. The van der Waals surface area contributed by atoms with Crippen LogP contribution >= 0.6 is 11.6 Å². The van der Waals surface area contributed by atoms with Gasteiger partial charge in [0.15, 0.2) is 0 Å². The van der Waals surface area contributed by atoms with Gasteiger partial charge in [-0.2, -0.15) is 5.26 Å². The number of aromatic nitrogens is 1. The first-order valence-corrected chi connectivity index (χ1v) is 8.87. The zero-order valence-electron chi connectivity index (χ0n) is 14.5. The van der Waals surface area contributed by atoms with Gasteiger partial charge in [0.25, 0.3) is 0 Å². The topological polar surface area (TPSA) is 72.3 Å². The molecule has 1 amide bonds. The molecule has 0 saturated carbocycles. The number of amides is 1. The number of halogens is 1. The second-order valence-corrected chi connectivity index (χ2v) is 6.59. The van der Waals surface area contributed by atoms with E-state index < -0.39 is 0 Å². The number of hydrogen-bond acceptors (Lipinski definition) is 5. The van der Waals surface area contributed by atoms with Gasteiger partial charge in [0.1, 0.15) is 11.9 Å². The number of nitrogens with zero attached hydrogens (tertiary/aromatic N) is 4. The van der Waals surface area contributed by atoms with Crippen molar-refractivity contribution < 1.29 is 4.79 Å². The highest BCUT2D eigenvalue weighted by molar-refractivity contribution is 6.32. The summed E-state index contributed by atoms with van der Waals surface area (Å²) in [6.45, 7) is 5.14. The summed E-state index contributed by atoms with van der Waals surface area (Å²) >= 11 is 6.02. The van der Waals surface area contributed by atoms with Crippen molar-refractivity contribution in [3.63, 3.8) is 0 Å². The second kappa shape index (κ2) is 8.17. The Balaban J connectivity index is 1.56. The summed E-state index contributed by atoms with van der Waals surface area (Å²) in [6, 6.07) is 12.5. The molecule has 7 heteroatoms. The van der Waals surface area contributed by atoms with Crippen molar-refractivity contribution in [3.8, 4) is 6.07 Å². The van der Waals surface area contributed by atoms with Gasteiger partial charge in [-0.05, 0) is 37.3 Å². The predicted molar refractivity (Wildman–Crippen MR) is 102 cm³/mol. The third kappa shape index (κ3) is 4.13. The van der Waals surface area contributed by atoms with Crippen LogP contribution in [0, 0.1) is 11.3 Å². The molecule has 1 aromatic carbocycles. The van der Waals surface area contributed by atoms with E-state index in [4.69, 9.17) is 16.9 Å². The lowest BCUT2D eigenvalue weighted by Gasteiger charge is -2.37. The van der Waals surface area contributed by atoms with Crippen molar-refractivity contribution in [3.05, 3.63) is 53.2 Å². The van der Waals surface area contributed by atoms with Gasteiger partial charge in [0, 0.05) is 38.1 Å². The SMILES string of the molecule is C[C@H](C(=O)Nc1ccc(C#N)c(Cl)c1)N1CCN(c2ccccn2)CC1. The van der Waals surface area contributed by atoms with Gasteiger partial charge in [-0.1, -0.05) is 17.7 Å². The minimum atomic E-state index is -0.254. The van der Waals surface area contributed by atoms with Crippen LogP contribution in [0.15, 0.2) is 42.6 Å². The van der Waals surface area contributed by atoms with Crippen LogP contribution in [0.1, 0.15) is 12.5 Å². The molecule has 1 aromatic heterocycles. The molecular formula is C19H20ClN5O. The fraction of sp³-hybridized carbons (Fsp3) is 0.316. The standard InChI is InChI=1S/C19H20ClN5O/c1-14(19(26)23-16-6-5-15(13-21)17(20)12-16)24-8-10-25(11-9-24)18-4-2-3-7-22-18/h2-7,12,14H,8-11H2,1H3,(H,23,26)/t14-/m1/s1. The summed E-state index contributed by atoms with van der Waals surface area (Å²) in [6.07, 6.45) is 1.79. The predicted octanol–water partition coefficient (Wildman–Crippen LogP) is 2.76. The number of nitriles is 1. The van der Waals surface area contributed by atoms with Crippen molar-refractivity contribution in [1.82, 2.24) is 9.88 Å². The van der Waals surface area contributed by atoms with E-state index in [9.17, 15) is 4.79 Å². The summed E-state index contributed by atoms with van der Waals surface area (Å²) in [5.41, 5.74) is 0.987. The quantitative estimate of drug-likeness (QED) is 0.897. The molecule has 0 aliphatic carbocycles. The van der Waals surface area contributed by atoms with Crippen LogP contribution in [0.5, 0.6) is 0 Å². The normalized spacial score (nSPS) is 16.0. The fourth-order valence-corrected chi connectivity index (χ4v) is 3.20. The molecule has 1 atom stereocenters. The molecule has 2 aromatic rings. The number of nitrogens with one attached hydrogen (secondary N) is 1. The van der Waals surface area contributed by atoms with E-state index in [1.54, 1.807) is 24.4 Å². The number of carbonyl (C=O) groups is 1. The van der Waals surface area contributed by atoms with Gasteiger partial charge in [0.2, 0.25) is 5.91 Å². The van der Waals surface area contributed by atoms with E-state index in [1.807, 2.05) is 31.2 Å². The maximum atomic E-state index is 12.5. The molecule has 0 bridgehead atoms. The second-order valence-electron chi connectivity index (χ2n) is 6.18. The van der Waals surface area contributed by atoms with Crippen molar-refractivity contribution in [1.29, 1.82) is 5.26 Å². The van der Waals surface area contributed by atoms with Gasteiger partial charge in [-0.3, -0.25) is 9.69 Å². The zero-order valence-corrected chi connectivity index (χ0v) is 15.3. The molecule has 6 nitrogen and oxygen atoms in total. The largest absolute Gasteiger partial charge is 0.354 e. The Bertz CT molecular complexity index is 812. The maximum Gasteiger partial charge on any atom is 0.241 e. The van der Waals surface area contributed by atoms with Crippen LogP contribution in [0.2, 0.25) is 5.02 Å². The lowest BCUT2D eigenvalue weighted by molar-refractivity contribution is -0.120. The first-order valence-electron chi connectivity index (χ1n) is 8.49. The third-order valence-corrected chi connectivity index (χ3v) is 4.88. The van der Waals surface area contributed by atoms with E-state index in [0.29, 0.717) is 16.3 Å². The average Bonchev–Trinajstić information content (AvgIpc) is 2.68. The molecule has 3 rings (SSSR count). The van der Waals surface area contributed by atoms with Gasteiger partial charge < -0.3 is 10.2 Å². The lowest BCUT2D eigenvalue weighted by Crippen LogP contribution is -2.53. The number of piperazine rings is 1. The Labute approximate surface area is 158 Å². The number of pyridine rings is 1. The molecule has 1 fully saturated rings. The highest BCUT2D eigenvalue weighted by Gasteiger charge is 2.26. The molecular weight excluding hydrogens is 350 g/mol. The number of benzene rings is 1. The van der Waals surface area contributed by atoms with E-state index >= 15 is 0 Å². The smallest absolute Gasteiger partial charge is 0.241 e. The highest BCUT2D eigenvalue weighted by atomic mass is 35.5. The Morgan fingerprint density at radius 1 is 1.27 bits per heavy atom. The van der Waals surface area contributed by atoms with Crippen LogP contribution in [-0.2, 0) is 4.79 Å². The fourth-order valence-electron chi connectivity index (χ4n) is 2.98. The highest BCUT2D eigenvalue weighted by Crippen LogP contribution is 2.21. The molecule has 0 spiro atoms. The molecule has 1 saturated heterocycles.